The summed E-state index contributed by atoms with van der Waals surface area (Å²) in [7, 11) is 0. The van der Waals surface area contributed by atoms with Gasteiger partial charge in [0, 0.05) is 37.0 Å². The van der Waals surface area contributed by atoms with Crippen molar-refractivity contribution < 1.29 is 4.79 Å². The van der Waals surface area contributed by atoms with Crippen molar-refractivity contribution in [1.29, 1.82) is 0 Å². The molecule has 0 radical (unpaired) electrons. The van der Waals surface area contributed by atoms with E-state index in [4.69, 9.17) is 0 Å². The number of likely N-dealkylation sites (tertiary alicyclic amines) is 1. The van der Waals surface area contributed by atoms with Gasteiger partial charge in [-0.2, -0.15) is 0 Å². The predicted octanol–water partition coefficient (Wildman–Crippen LogP) is 0.464. The van der Waals surface area contributed by atoms with E-state index < -0.39 is 0 Å². The summed E-state index contributed by atoms with van der Waals surface area (Å²) in [5, 5.41) is 3.26. The minimum atomic E-state index is -0.210. The van der Waals surface area contributed by atoms with Crippen LogP contribution < -0.4 is 5.32 Å². The van der Waals surface area contributed by atoms with Gasteiger partial charge in [-0.1, -0.05) is 20.8 Å². The lowest BCUT2D eigenvalue weighted by molar-refractivity contribution is -0.155. The Kier molecular flexibility index (Phi) is 1.71. The summed E-state index contributed by atoms with van der Waals surface area (Å²) >= 11 is 0. The Morgan fingerprint density at radius 3 is 2.15 bits per heavy atom. The average Bonchev–Trinajstić information content (AvgIpc) is 1.78. The van der Waals surface area contributed by atoms with Gasteiger partial charge < -0.3 is 10.2 Å². The lowest BCUT2D eigenvalue weighted by atomic mass is 9.73. The summed E-state index contributed by atoms with van der Waals surface area (Å²) in [5.41, 5.74) is 0.250. The van der Waals surface area contributed by atoms with Crippen LogP contribution in [-0.4, -0.2) is 37.0 Å². The minimum absolute atomic E-state index is 0.210. The molecule has 0 atom stereocenters. The number of nitrogens with one attached hydrogen (secondary N) is 1. The zero-order valence-corrected chi connectivity index (χ0v) is 8.68. The molecule has 0 aliphatic carbocycles. The molecule has 2 aliphatic heterocycles. The summed E-state index contributed by atoms with van der Waals surface area (Å²) in [6.07, 6.45) is 0. The summed E-state index contributed by atoms with van der Waals surface area (Å²) < 4.78 is 0. The first-order valence-electron chi connectivity index (χ1n) is 4.93. The van der Waals surface area contributed by atoms with E-state index in [1.807, 2.05) is 25.7 Å². The molecule has 1 amide bonds. The highest BCUT2D eigenvalue weighted by atomic mass is 16.2. The second-order valence-corrected chi connectivity index (χ2v) is 5.51. The van der Waals surface area contributed by atoms with Crippen LogP contribution in [0.15, 0.2) is 0 Å². The highest BCUT2D eigenvalue weighted by Gasteiger charge is 2.50. The number of rotatable bonds is 0. The van der Waals surface area contributed by atoms with E-state index in [1.165, 1.54) is 0 Å². The first kappa shape index (κ1) is 9.00. The molecular weight excluding hydrogens is 164 g/mol. The van der Waals surface area contributed by atoms with Crippen molar-refractivity contribution in [3.8, 4) is 0 Å². The molecule has 74 valence electrons. The summed E-state index contributed by atoms with van der Waals surface area (Å²) in [6, 6.07) is 0. The van der Waals surface area contributed by atoms with Crippen molar-refractivity contribution in [2.45, 2.75) is 20.8 Å². The van der Waals surface area contributed by atoms with E-state index in [9.17, 15) is 4.79 Å². The van der Waals surface area contributed by atoms with E-state index in [1.54, 1.807) is 0 Å². The Labute approximate surface area is 79.5 Å². The van der Waals surface area contributed by atoms with Gasteiger partial charge in [-0.3, -0.25) is 4.79 Å². The van der Waals surface area contributed by atoms with Crippen LogP contribution in [0.25, 0.3) is 0 Å². The van der Waals surface area contributed by atoms with Crippen LogP contribution in [0.1, 0.15) is 20.8 Å². The Hall–Kier alpha value is -0.570. The maximum atomic E-state index is 11.8. The molecule has 0 aromatic rings. The Bertz CT molecular complexity index is 230. The smallest absolute Gasteiger partial charge is 0.227 e. The van der Waals surface area contributed by atoms with Crippen molar-refractivity contribution in [3.05, 3.63) is 0 Å². The van der Waals surface area contributed by atoms with Gasteiger partial charge in [-0.25, -0.2) is 0 Å². The molecule has 2 saturated heterocycles. The van der Waals surface area contributed by atoms with E-state index >= 15 is 0 Å². The first-order valence-corrected chi connectivity index (χ1v) is 4.93. The molecule has 3 heteroatoms. The summed E-state index contributed by atoms with van der Waals surface area (Å²) in [4.78, 5) is 13.8. The third-order valence-corrected chi connectivity index (χ3v) is 2.98. The molecule has 2 aliphatic rings. The van der Waals surface area contributed by atoms with Crippen LogP contribution in [0.3, 0.4) is 0 Å². The topological polar surface area (TPSA) is 32.3 Å². The molecule has 0 unspecified atom stereocenters. The molecule has 0 bridgehead atoms. The lowest BCUT2D eigenvalue weighted by Crippen LogP contribution is -2.72. The monoisotopic (exact) mass is 182 g/mol. The standard InChI is InChI=1S/C10H18N2O/c1-9(2,3)8(13)12-6-10(7-12)4-11-5-10/h11H,4-7H2,1-3H3. The zero-order valence-electron chi connectivity index (χ0n) is 8.68. The number of hydrogen-bond acceptors (Lipinski definition) is 2. The third-order valence-electron chi connectivity index (χ3n) is 2.98. The minimum Gasteiger partial charge on any atom is -0.341 e. The lowest BCUT2D eigenvalue weighted by Gasteiger charge is -2.57. The number of amides is 1. The van der Waals surface area contributed by atoms with Gasteiger partial charge in [0.25, 0.3) is 0 Å². The van der Waals surface area contributed by atoms with Gasteiger partial charge in [0.15, 0.2) is 0 Å². The van der Waals surface area contributed by atoms with Crippen molar-refractivity contribution >= 4 is 5.91 Å². The van der Waals surface area contributed by atoms with Gasteiger partial charge in [-0.15, -0.1) is 0 Å². The maximum Gasteiger partial charge on any atom is 0.227 e. The van der Waals surface area contributed by atoms with Crippen LogP contribution in [0, 0.1) is 10.8 Å². The van der Waals surface area contributed by atoms with E-state index in [2.05, 4.69) is 5.32 Å². The SMILES string of the molecule is CC(C)(C)C(=O)N1CC2(CNC2)C1. The van der Waals surface area contributed by atoms with Crippen molar-refractivity contribution in [3.63, 3.8) is 0 Å². The van der Waals surface area contributed by atoms with Gasteiger partial charge >= 0.3 is 0 Å². The predicted molar refractivity (Wildman–Crippen MR) is 51.3 cm³/mol. The quantitative estimate of drug-likeness (QED) is 0.590. The van der Waals surface area contributed by atoms with Crippen LogP contribution in [0.4, 0.5) is 0 Å². The molecule has 0 aromatic heterocycles. The molecule has 0 saturated carbocycles. The molecule has 2 fully saturated rings. The van der Waals surface area contributed by atoms with Crippen LogP contribution in [0.2, 0.25) is 0 Å². The highest BCUT2D eigenvalue weighted by molar-refractivity contribution is 5.82. The van der Waals surface area contributed by atoms with E-state index in [-0.39, 0.29) is 5.41 Å². The van der Waals surface area contributed by atoms with Gasteiger partial charge in [-0.05, 0) is 0 Å². The molecule has 2 rings (SSSR count). The number of carbonyl (C=O) groups excluding carboxylic acids is 1. The first-order chi connectivity index (χ1) is 5.93. The maximum absolute atomic E-state index is 11.8. The molecular formula is C10H18N2O. The van der Waals surface area contributed by atoms with E-state index in [0.717, 1.165) is 26.2 Å². The zero-order chi connectivity index (χ0) is 9.69. The Morgan fingerprint density at radius 1 is 1.31 bits per heavy atom. The molecule has 1 spiro atoms. The molecule has 2 heterocycles. The normalized spacial score (nSPS) is 25.3. The summed E-state index contributed by atoms with van der Waals surface area (Å²) in [6.45, 7) is 10.1. The van der Waals surface area contributed by atoms with Gasteiger partial charge in [0.05, 0.1) is 0 Å². The largest absolute Gasteiger partial charge is 0.341 e. The summed E-state index contributed by atoms with van der Waals surface area (Å²) in [5.74, 6) is 0.296. The average molecular weight is 182 g/mol. The Morgan fingerprint density at radius 2 is 1.85 bits per heavy atom. The fourth-order valence-electron chi connectivity index (χ4n) is 2.08. The Balaban J connectivity index is 1.89. The molecule has 13 heavy (non-hydrogen) atoms. The fraction of sp³-hybridized carbons (Fsp3) is 0.900. The molecule has 0 aromatic carbocycles. The van der Waals surface area contributed by atoms with Crippen molar-refractivity contribution in [2.24, 2.45) is 10.8 Å². The highest BCUT2D eigenvalue weighted by Crippen LogP contribution is 2.36. The van der Waals surface area contributed by atoms with Crippen LogP contribution in [0.5, 0.6) is 0 Å². The number of hydrogen-bond donors (Lipinski definition) is 1. The molecule has 1 N–H and O–H groups in total. The fourth-order valence-corrected chi connectivity index (χ4v) is 2.08. The number of carbonyl (C=O) groups is 1. The van der Waals surface area contributed by atoms with Gasteiger partial charge in [0.2, 0.25) is 5.91 Å². The third kappa shape index (κ3) is 1.35. The van der Waals surface area contributed by atoms with Crippen LogP contribution >= 0.6 is 0 Å². The second kappa shape index (κ2) is 2.47. The van der Waals surface area contributed by atoms with E-state index in [0.29, 0.717) is 11.3 Å². The number of nitrogens with zero attached hydrogens (tertiary/aromatic N) is 1. The van der Waals surface area contributed by atoms with Crippen molar-refractivity contribution in [1.82, 2.24) is 10.2 Å². The van der Waals surface area contributed by atoms with Crippen LogP contribution in [-0.2, 0) is 4.79 Å². The van der Waals surface area contributed by atoms with Gasteiger partial charge in [0.1, 0.15) is 0 Å². The second-order valence-electron chi connectivity index (χ2n) is 5.51. The molecule has 3 nitrogen and oxygen atoms in total. The van der Waals surface area contributed by atoms with Crippen molar-refractivity contribution in [2.75, 3.05) is 26.2 Å².